The Labute approximate surface area is 125 Å². The number of fused-ring (bicyclic) bond motifs is 1. The van der Waals surface area contributed by atoms with Gasteiger partial charge in [-0.05, 0) is 26.1 Å². The number of nitrogens with zero attached hydrogens (tertiary/aromatic N) is 1. The van der Waals surface area contributed by atoms with Crippen molar-refractivity contribution in [3.8, 4) is 0 Å². The molecular weight excluding hydrogens is 266 g/mol. The van der Waals surface area contributed by atoms with Crippen LogP contribution in [-0.2, 0) is 6.54 Å². The molecule has 2 aromatic rings. The number of nitrogens with one attached hydrogen (secondary N) is 1. The number of hydrogen-bond donors (Lipinski definition) is 2. The fourth-order valence-corrected chi connectivity index (χ4v) is 2.48. The number of para-hydroxylation sites is 1. The van der Waals surface area contributed by atoms with Gasteiger partial charge in [0.05, 0.1) is 12.1 Å². The fourth-order valence-electron chi connectivity index (χ4n) is 2.48. The van der Waals surface area contributed by atoms with Gasteiger partial charge in [0.1, 0.15) is 11.3 Å². The molecular formula is C16H23N3O2. The summed E-state index contributed by atoms with van der Waals surface area (Å²) in [7, 11) is 2.03. The molecule has 0 saturated heterocycles. The molecule has 0 radical (unpaired) electrons. The van der Waals surface area contributed by atoms with Crippen molar-refractivity contribution < 1.29 is 9.21 Å². The fraction of sp³-hybridized carbons (Fsp3) is 0.438. The van der Waals surface area contributed by atoms with E-state index >= 15 is 0 Å². The lowest BCUT2D eigenvalue weighted by Crippen LogP contribution is -2.31. The summed E-state index contributed by atoms with van der Waals surface area (Å²) in [5.41, 5.74) is 3.46. The van der Waals surface area contributed by atoms with Crippen molar-refractivity contribution in [3.05, 3.63) is 35.6 Å². The molecule has 0 aliphatic rings. The molecule has 1 aromatic carbocycles. The highest BCUT2D eigenvalue weighted by Crippen LogP contribution is 2.26. The number of hydrogen-bond acceptors (Lipinski definition) is 4. The van der Waals surface area contributed by atoms with Crippen molar-refractivity contribution in [3.63, 3.8) is 0 Å². The molecule has 0 unspecified atom stereocenters. The highest BCUT2D eigenvalue weighted by atomic mass is 16.3. The van der Waals surface area contributed by atoms with E-state index in [2.05, 4.69) is 17.2 Å². The molecule has 1 aromatic heterocycles. The SMILES string of the molecule is CCCCCN(C)Cc1oc2ccccc2c1C(=O)NN. The van der Waals surface area contributed by atoms with Crippen LogP contribution in [0.25, 0.3) is 11.0 Å². The first-order valence-electron chi connectivity index (χ1n) is 7.37. The van der Waals surface area contributed by atoms with Gasteiger partial charge < -0.3 is 4.42 Å². The molecule has 0 saturated carbocycles. The molecule has 0 spiro atoms. The number of unbranched alkanes of at least 4 members (excludes halogenated alkanes) is 2. The Balaban J connectivity index is 2.24. The summed E-state index contributed by atoms with van der Waals surface area (Å²) < 4.78 is 5.84. The van der Waals surface area contributed by atoms with Crippen molar-refractivity contribution >= 4 is 16.9 Å². The van der Waals surface area contributed by atoms with Crippen LogP contribution in [0.3, 0.4) is 0 Å². The molecule has 1 amide bonds. The maximum Gasteiger partial charge on any atom is 0.269 e. The number of benzene rings is 1. The monoisotopic (exact) mass is 289 g/mol. The largest absolute Gasteiger partial charge is 0.459 e. The minimum atomic E-state index is -0.308. The van der Waals surface area contributed by atoms with E-state index in [0.29, 0.717) is 23.5 Å². The summed E-state index contributed by atoms with van der Waals surface area (Å²) >= 11 is 0. The van der Waals surface area contributed by atoms with Crippen LogP contribution in [0.15, 0.2) is 28.7 Å². The van der Waals surface area contributed by atoms with E-state index in [1.807, 2.05) is 31.3 Å². The maximum atomic E-state index is 12.0. The molecule has 114 valence electrons. The Hall–Kier alpha value is -1.85. The van der Waals surface area contributed by atoms with Gasteiger partial charge in [-0.3, -0.25) is 15.1 Å². The molecule has 1 heterocycles. The van der Waals surface area contributed by atoms with E-state index in [1.165, 1.54) is 12.8 Å². The summed E-state index contributed by atoms with van der Waals surface area (Å²) in [5.74, 6) is 5.65. The predicted molar refractivity (Wildman–Crippen MR) is 83.7 cm³/mol. The highest BCUT2D eigenvalue weighted by molar-refractivity contribution is 6.07. The van der Waals surface area contributed by atoms with E-state index in [0.717, 1.165) is 18.4 Å². The van der Waals surface area contributed by atoms with E-state index in [4.69, 9.17) is 10.3 Å². The minimum absolute atomic E-state index is 0.308. The summed E-state index contributed by atoms with van der Waals surface area (Å²) in [6.45, 7) is 3.76. The van der Waals surface area contributed by atoms with Crippen LogP contribution in [0.5, 0.6) is 0 Å². The predicted octanol–water partition coefficient (Wildman–Crippen LogP) is 2.66. The van der Waals surface area contributed by atoms with Crippen LogP contribution in [0.2, 0.25) is 0 Å². The van der Waals surface area contributed by atoms with E-state index < -0.39 is 0 Å². The average molecular weight is 289 g/mol. The summed E-state index contributed by atoms with van der Waals surface area (Å²) in [4.78, 5) is 14.2. The molecule has 2 rings (SSSR count). The zero-order valence-corrected chi connectivity index (χ0v) is 12.7. The van der Waals surface area contributed by atoms with E-state index in [-0.39, 0.29) is 5.91 Å². The number of nitrogen functional groups attached to an aromatic ring is 1. The minimum Gasteiger partial charge on any atom is -0.459 e. The van der Waals surface area contributed by atoms with Gasteiger partial charge in [-0.25, -0.2) is 5.84 Å². The molecule has 0 aliphatic heterocycles. The third-order valence-electron chi connectivity index (χ3n) is 3.58. The standard InChI is InChI=1S/C16H23N3O2/c1-3-4-7-10-19(2)11-14-15(16(20)18-17)12-8-5-6-9-13(12)21-14/h5-6,8-9H,3-4,7,10-11,17H2,1-2H3,(H,18,20). The van der Waals surface area contributed by atoms with Gasteiger partial charge in [-0.2, -0.15) is 0 Å². The van der Waals surface area contributed by atoms with Crippen molar-refractivity contribution in [2.45, 2.75) is 32.7 Å². The van der Waals surface area contributed by atoms with Crippen molar-refractivity contribution in [1.29, 1.82) is 0 Å². The summed E-state index contributed by atoms with van der Waals surface area (Å²) in [6, 6.07) is 7.53. The first kappa shape index (κ1) is 15.5. The lowest BCUT2D eigenvalue weighted by molar-refractivity contribution is 0.0951. The number of rotatable bonds is 7. The number of furan rings is 1. The second kappa shape index (κ2) is 7.24. The number of amides is 1. The van der Waals surface area contributed by atoms with Gasteiger partial charge in [0.2, 0.25) is 0 Å². The third kappa shape index (κ3) is 3.62. The quantitative estimate of drug-likeness (QED) is 0.356. The van der Waals surface area contributed by atoms with Crippen molar-refractivity contribution in [2.24, 2.45) is 5.84 Å². The smallest absolute Gasteiger partial charge is 0.269 e. The van der Waals surface area contributed by atoms with E-state index in [1.54, 1.807) is 0 Å². The molecule has 21 heavy (non-hydrogen) atoms. The molecule has 0 atom stereocenters. The summed E-state index contributed by atoms with van der Waals surface area (Å²) in [5, 5.41) is 0.803. The van der Waals surface area contributed by atoms with Crippen molar-refractivity contribution in [2.75, 3.05) is 13.6 Å². The van der Waals surface area contributed by atoms with Gasteiger partial charge in [0.15, 0.2) is 0 Å². The lowest BCUT2D eigenvalue weighted by Gasteiger charge is -2.15. The van der Waals surface area contributed by atoms with Gasteiger partial charge in [0, 0.05) is 5.39 Å². The average Bonchev–Trinajstić information content (AvgIpc) is 2.84. The van der Waals surface area contributed by atoms with Crippen LogP contribution in [0, 0.1) is 0 Å². The first-order valence-corrected chi connectivity index (χ1v) is 7.37. The number of hydrazine groups is 1. The van der Waals surface area contributed by atoms with Crippen LogP contribution in [-0.4, -0.2) is 24.4 Å². The second-order valence-electron chi connectivity index (χ2n) is 5.31. The van der Waals surface area contributed by atoms with Crippen LogP contribution in [0.1, 0.15) is 42.3 Å². The first-order chi connectivity index (χ1) is 10.2. The number of nitrogens with two attached hydrogens (primary N) is 1. The topological polar surface area (TPSA) is 71.5 Å². The van der Waals surface area contributed by atoms with Gasteiger partial charge in [0.25, 0.3) is 5.91 Å². The molecule has 0 aliphatic carbocycles. The Bertz CT molecular complexity index is 607. The van der Waals surface area contributed by atoms with Crippen LogP contribution < -0.4 is 11.3 Å². The van der Waals surface area contributed by atoms with Gasteiger partial charge in [-0.1, -0.05) is 38.0 Å². The number of carbonyl (C=O) groups excluding carboxylic acids is 1. The van der Waals surface area contributed by atoms with E-state index in [9.17, 15) is 4.79 Å². The van der Waals surface area contributed by atoms with Crippen molar-refractivity contribution in [1.82, 2.24) is 10.3 Å². The van der Waals surface area contributed by atoms with Gasteiger partial charge >= 0.3 is 0 Å². The Morgan fingerprint density at radius 1 is 1.33 bits per heavy atom. The Morgan fingerprint density at radius 3 is 2.81 bits per heavy atom. The van der Waals surface area contributed by atoms with Gasteiger partial charge in [-0.15, -0.1) is 0 Å². The second-order valence-corrected chi connectivity index (χ2v) is 5.31. The Kier molecular flexibility index (Phi) is 5.36. The molecule has 3 N–H and O–H groups in total. The maximum absolute atomic E-state index is 12.0. The normalized spacial score (nSPS) is 11.2. The molecule has 0 bridgehead atoms. The van der Waals surface area contributed by atoms with Crippen LogP contribution in [0.4, 0.5) is 0 Å². The number of carbonyl (C=O) groups is 1. The highest BCUT2D eigenvalue weighted by Gasteiger charge is 2.20. The van der Waals surface area contributed by atoms with Crippen LogP contribution >= 0.6 is 0 Å². The summed E-state index contributed by atoms with van der Waals surface area (Å²) in [6.07, 6.45) is 3.55. The molecule has 5 heteroatoms. The molecule has 0 fully saturated rings. The lowest BCUT2D eigenvalue weighted by atomic mass is 10.1. The Morgan fingerprint density at radius 2 is 2.10 bits per heavy atom. The molecule has 5 nitrogen and oxygen atoms in total. The third-order valence-corrected chi connectivity index (χ3v) is 3.58. The zero-order valence-electron chi connectivity index (χ0n) is 12.7. The zero-order chi connectivity index (χ0) is 15.2.